The van der Waals surface area contributed by atoms with Crippen LogP contribution < -0.4 is 0 Å². The quantitative estimate of drug-likeness (QED) is 0.0352. The van der Waals surface area contributed by atoms with Crippen molar-refractivity contribution in [3.63, 3.8) is 0 Å². The summed E-state index contributed by atoms with van der Waals surface area (Å²) in [6.45, 7) is 11.3. The molecule has 0 rings (SSSR count). The van der Waals surface area contributed by atoms with E-state index >= 15 is 0 Å². The lowest BCUT2D eigenvalue weighted by atomic mass is 9.99. The van der Waals surface area contributed by atoms with E-state index < -0.39 is 6.10 Å². The summed E-state index contributed by atoms with van der Waals surface area (Å²) in [5.41, 5.74) is 0. The highest BCUT2D eigenvalue weighted by Crippen LogP contribution is 2.17. The number of hydrogen-bond acceptors (Lipinski definition) is 6. The van der Waals surface area contributed by atoms with Gasteiger partial charge in [-0.05, 0) is 31.1 Å². The predicted octanol–water partition coefficient (Wildman–Crippen LogP) is 14.6. The Kier molecular flexibility index (Phi) is 38.9. The summed E-state index contributed by atoms with van der Waals surface area (Å²) in [4.78, 5) is 37.7. The highest BCUT2D eigenvalue weighted by atomic mass is 16.6. The Morgan fingerprint density at radius 2 is 0.717 bits per heavy atom. The Balaban J connectivity index is 4.34. The van der Waals surface area contributed by atoms with E-state index in [1.807, 2.05) is 0 Å². The average Bonchev–Trinajstić information content (AvgIpc) is 3.14. The van der Waals surface area contributed by atoms with Crippen molar-refractivity contribution >= 4 is 17.9 Å². The van der Waals surface area contributed by atoms with Crippen LogP contribution in [0.1, 0.15) is 253 Å². The molecule has 0 spiro atoms. The first-order chi connectivity index (χ1) is 25.8. The zero-order valence-electron chi connectivity index (χ0n) is 36.1. The molecule has 314 valence electrons. The summed E-state index contributed by atoms with van der Waals surface area (Å²) in [6.07, 6.45) is 37.9. The fourth-order valence-electron chi connectivity index (χ4n) is 6.90. The average molecular weight is 751 g/mol. The van der Waals surface area contributed by atoms with Crippen molar-refractivity contribution in [1.29, 1.82) is 0 Å². The minimum atomic E-state index is -0.760. The summed E-state index contributed by atoms with van der Waals surface area (Å²) in [5.74, 6) is 0.805. The van der Waals surface area contributed by atoms with Crippen LogP contribution in [0.15, 0.2) is 0 Å². The monoisotopic (exact) mass is 751 g/mol. The molecule has 0 aromatic rings. The number of unbranched alkanes of at least 4 members (excludes halogenated alkanes) is 25. The Hall–Kier alpha value is -1.59. The fraction of sp³-hybridized carbons (Fsp3) is 0.936. The van der Waals surface area contributed by atoms with E-state index in [0.29, 0.717) is 19.3 Å². The van der Waals surface area contributed by atoms with Gasteiger partial charge in [-0.25, -0.2) is 0 Å². The summed E-state index contributed by atoms with van der Waals surface area (Å²) >= 11 is 0. The van der Waals surface area contributed by atoms with E-state index in [4.69, 9.17) is 14.2 Å². The first-order valence-corrected chi connectivity index (χ1v) is 23.3. The van der Waals surface area contributed by atoms with Gasteiger partial charge in [-0.2, -0.15) is 0 Å². The second kappa shape index (κ2) is 40.1. The van der Waals surface area contributed by atoms with Gasteiger partial charge in [-0.3, -0.25) is 14.4 Å². The van der Waals surface area contributed by atoms with Crippen LogP contribution >= 0.6 is 0 Å². The Bertz CT molecular complexity index is 811. The molecule has 0 aliphatic carbocycles. The van der Waals surface area contributed by atoms with Crippen LogP contribution in [0.3, 0.4) is 0 Å². The van der Waals surface area contributed by atoms with E-state index in [1.165, 1.54) is 141 Å². The van der Waals surface area contributed by atoms with Crippen LogP contribution in [0.5, 0.6) is 0 Å². The molecule has 0 saturated heterocycles. The van der Waals surface area contributed by atoms with Crippen molar-refractivity contribution in [3.05, 3.63) is 0 Å². The van der Waals surface area contributed by atoms with Crippen LogP contribution in [-0.2, 0) is 28.6 Å². The molecule has 0 aromatic carbocycles. The number of carbonyl (C=O) groups excluding carboxylic acids is 3. The maximum Gasteiger partial charge on any atom is 0.306 e. The van der Waals surface area contributed by atoms with Crippen LogP contribution in [-0.4, -0.2) is 37.2 Å². The molecule has 0 aromatic heterocycles. The largest absolute Gasteiger partial charge is 0.462 e. The Labute approximate surface area is 329 Å². The van der Waals surface area contributed by atoms with Gasteiger partial charge < -0.3 is 14.2 Å². The lowest BCUT2D eigenvalue weighted by Gasteiger charge is -2.18. The third-order valence-corrected chi connectivity index (χ3v) is 10.8. The summed E-state index contributed by atoms with van der Waals surface area (Å²) in [5, 5.41) is 0. The minimum absolute atomic E-state index is 0.0651. The highest BCUT2D eigenvalue weighted by Gasteiger charge is 2.19. The van der Waals surface area contributed by atoms with Crippen LogP contribution in [0.25, 0.3) is 0 Å². The first kappa shape index (κ1) is 51.4. The Morgan fingerprint density at radius 1 is 0.396 bits per heavy atom. The van der Waals surface area contributed by atoms with Crippen molar-refractivity contribution < 1.29 is 28.6 Å². The van der Waals surface area contributed by atoms with Gasteiger partial charge in [0, 0.05) is 19.3 Å². The van der Waals surface area contributed by atoms with Crippen LogP contribution in [0, 0.1) is 11.8 Å². The van der Waals surface area contributed by atoms with Crippen LogP contribution in [0.2, 0.25) is 0 Å². The maximum absolute atomic E-state index is 12.7. The molecular formula is C47H90O6. The minimum Gasteiger partial charge on any atom is -0.462 e. The molecule has 6 heteroatoms. The SMILES string of the molecule is CCCCCCCCCCCCC(=O)OC[C@@H](COC(=O)CCCCCCCCCCCCC(C)C)OC(=O)CCCCCCCCCCC(C)CC. The van der Waals surface area contributed by atoms with Crippen molar-refractivity contribution in [2.75, 3.05) is 13.2 Å². The molecule has 0 fully saturated rings. The number of ether oxygens (including phenoxy) is 3. The summed E-state index contributed by atoms with van der Waals surface area (Å²) < 4.78 is 16.7. The molecule has 0 saturated carbocycles. The number of carbonyl (C=O) groups is 3. The molecule has 0 bridgehead atoms. The molecule has 0 radical (unpaired) electrons. The molecule has 0 aliphatic rings. The Morgan fingerprint density at radius 3 is 1.08 bits per heavy atom. The van der Waals surface area contributed by atoms with Crippen molar-refractivity contribution in [2.45, 2.75) is 259 Å². The van der Waals surface area contributed by atoms with Crippen molar-refractivity contribution in [3.8, 4) is 0 Å². The molecule has 2 atom stereocenters. The molecule has 0 N–H and O–H groups in total. The molecular weight excluding hydrogens is 661 g/mol. The molecule has 0 amide bonds. The van der Waals surface area contributed by atoms with E-state index in [-0.39, 0.29) is 31.1 Å². The summed E-state index contributed by atoms with van der Waals surface area (Å²) in [6, 6.07) is 0. The predicted molar refractivity (Wildman–Crippen MR) is 224 cm³/mol. The highest BCUT2D eigenvalue weighted by molar-refractivity contribution is 5.71. The van der Waals surface area contributed by atoms with E-state index in [1.54, 1.807) is 0 Å². The van der Waals surface area contributed by atoms with Gasteiger partial charge in [-0.1, -0.05) is 214 Å². The van der Waals surface area contributed by atoms with Crippen LogP contribution in [0.4, 0.5) is 0 Å². The lowest BCUT2D eigenvalue weighted by molar-refractivity contribution is -0.167. The third kappa shape index (κ3) is 39.9. The van der Waals surface area contributed by atoms with Gasteiger partial charge in [-0.15, -0.1) is 0 Å². The van der Waals surface area contributed by atoms with Crippen molar-refractivity contribution in [1.82, 2.24) is 0 Å². The standard InChI is InChI=1S/C47H90O6/c1-6-8-9-10-11-12-16-22-27-32-37-45(48)51-40-44(53-47(50)39-34-29-24-19-18-21-26-31-36-43(5)7-2)41-52-46(49)38-33-28-23-17-14-13-15-20-25-30-35-42(3)4/h42-44H,6-41H2,1-5H3/t43?,44-/m0/s1. The zero-order chi connectivity index (χ0) is 39.0. The van der Waals surface area contributed by atoms with Gasteiger partial charge in [0.15, 0.2) is 6.10 Å². The fourth-order valence-corrected chi connectivity index (χ4v) is 6.90. The van der Waals surface area contributed by atoms with Crippen molar-refractivity contribution in [2.24, 2.45) is 11.8 Å². The molecule has 1 unspecified atom stereocenters. The topological polar surface area (TPSA) is 78.9 Å². The molecule has 53 heavy (non-hydrogen) atoms. The lowest BCUT2D eigenvalue weighted by Crippen LogP contribution is -2.30. The maximum atomic E-state index is 12.7. The van der Waals surface area contributed by atoms with Gasteiger partial charge in [0.05, 0.1) is 0 Å². The van der Waals surface area contributed by atoms with Gasteiger partial charge in [0.1, 0.15) is 13.2 Å². The molecule has 0 aliphatic heterocycles. The normalized spacial score (nSPS) is 12.6. The summed E-state index contributed by atoms with van der Waals surface area (Å²) in [7, 11) is 0. The third-order valence-electron chi connectivity index (χ3n) is 10.8. The number of hydrogen-bond donors (Lipinski definition) is 0. The van der Waals surface area contributed by atoms with Gasteiger partial charge in [0.25, 0.3) is 0 Å². The number of rotatable bonds is 41. The molecule has 6 nitrogen and oxygen atoms in total. The zero-order valence-corrected chi connectivity index (χ0v) is 36.1. The van der Waals surface area contributed by atoms with E-state index in [9.17, 15) is 14.4 Å². The van der Waals surface area contributed by atoms with Gasteiger partial charge in [0.2, 0.25) is 0 Å². The first-order valence-electron chi connectivity index (χ1n) is 23.3. The van der Waals surface area contributed by atoms with E-state index in [2.05, 4.69) is 34.6 Å². The molecule has 0 heterocycles. The second-order valence-corrected chi connectivity index (χ2v) is 16.8. The second-order valence-electron chi connectivity index (χ2n) is 16.8. The van der Waals surface area contributed by atoms with Gasteiger partial charge >= 0.3 is 17.9 Å². The van der Waals surface area contributed by atoms with E-state index in [0.717, 1.165) is 69.6 Å². The number of esters is 3. The smallest absolute Gasteiger partial charge is 0.306 e.